The van der Waals surface area contributed by atoms with E-state index in [4.69, 9.17) is 17.3 Å². The van der Waals surface area contributed by atoms with Gasteiger partial charge >= 0.3 is 0 Å². The summed E-state index contributed by atoms with van der Waals surface area (Å²) in [7, 11) is 0. The minimum Gasteiger partial charge on any atom is -0.324 e. The molecule has 0 saturated carbocycles. The van der Waals surface area contributed by atoms with Gasteiger partial charge in [0, 0.05) is 15.5 Å². The molecular formula is C18H15BrClN. The molecule has 0 bridgehead atoms. The van der Waals surface area contributed by atoms with Gasteiger partial charge < -0.3 is 5.73 Å². The second kappa shape index (κ2) is 6.18. The Morgan fingerprint density at radius 2 is 1.57 bits per heavy atom. The molecule has 0 fully saturated rings. The van der Waals surface area contributed by atoms with E-state index in [0.29, 0.717) is 0 Å². The lowest BCUT2D eigenvalue weighted by Gasteiger charge is -2.16. The van der Waals surface area contributed by atoms with Crippen LogP contribution in [0, 0.1) is 0 Å². The summed E-state index contributed by atoms with van der Waals surface area (Å²) in [5.74, 6) is 0. The predicted octanol–water partition coefficient (Wildman–Crippen LogP) is 5.50. The summed E-state index contributed by atoms with van der Waals surface area (Å²) in [6, 6.07) is 20.3. The van der Waals surface area contributed by atoms with Crippen molar-refractivity contribution in [2.75, 3.05) is 0 Å². The zero-order valence-corrected chi connectivity index (χ0v) is 13.7. The van der Waals surface area contributed by atoms with Gasteiger partial charge in [0.2, 0.25) is 0 Å². The molecule has 0 aliphatic rings. The van der Waals surface area contributed by atoms with E-state index in [1.165, 1.54) is 21.9 Å². The Kier molecular flexibility index (Phi) is 4.29. The van der Waals surface area contributed by atoms with Gasteiger partial charge in [-0.2, -0.15) is 0 Å². The number of hydrogen-bond donors (Lipinski definition) is 1. The molecule has 0 aromatic heterocycles. The highest BCUT2D eigenvalue weighted by molar-refractivity contribution is 9.10. The molecule has 2 N–H and O–H groups in total. The van der Waals surface area contributed by atoms with Gasteiger partial charge in [-0.15, -0.1) is 0 Å². The first-order valence-corrected chi connectivity index (χ1v) is 7.99. The molecule has 3 rings (SSSR count). The van der Waals surface area contributed by atoms with Gasteiger partial charge in [0.25, 0.3) is 0 Å². The van der Waals surface area contributed by atoms with Crippen LogP contribution < -0.4 is 5.73 Å². The summed E-state index contributed by atoms with van der Waals surface area (Å²) >= 11 is 9.52. The molecule has 0 aliphatic carbocycles. The second-order valence-electron chi connectivity index (χ2n) is 5.12. The Bertz CT molecular complexity index is 768. The van der Waals surface area contributed by atoms with E-state index in [0.717, 1.165) is 15.9 Å². The molecule has 0 spiro atoms. The third-order valence-electron chi connectivity index (χ3n) is 3.67. The number of hydrogen-bond acceptors (Lipinski definition) is 1. The number of benzene rings is 3. The van der Waals surface area contributed by atoms with Gasteiger partial charge in [0.05, 0.1) is 0 Å². The smallest absolute Gasteiger partial charge is 0.0406 e. The third kappa shape index (κ3) is 3.13. The lowest BCUT2D eigenvalue weighted by atomic mass is 9.95. The van der Waals surface area contributed by atoms with E-state index < -0.39 is 0 Å². The molecule has 21 heavy (non-hydrogen) atoms. The van der Waals surface area contributed by atoms with Gasteiger partial charge in [-0.3, -0.25) is 0 Å². The van der Waals surface area contributed by atoms with E-state index in [9.17, 15) is 0 Å². The summed E-state index contributed by atoms with van der Waals surface area (Å²) in [6.45, 7) is 0. The van der Waals surface area contributed by atoms with Crippen molar-refractivity contribution in [2.24, 2.45) is 5.73 Å². The van der Waals surface area contributed by atoms with Gasteiger partial charge in [-0.25, -0.2) is 0 Å². The van der Waals surface area contributed by atoms with Gasteiger partial charge in [0.15, 0.2) is 0 Å². The lowest BCUT2D eigenvalue weighted by Crippen LogP contribution is -2.13. The maximum absolute atomic E-state index is 6.43. The molecule has 3 aromatic rings. The molecule has 1 atom stereocenters. The fourth-order valence-electron chi connectivity index (χ4n) is 2.59. The van der Waals surface area contributed by atoms with Crippen molar-refractivity contribution in [2.45, 2.75) is 12.5 Å². The lowest BCUT2D eigenvalue weighted by molar-refractivity contribution is 0.728. The molecular weight excluding hydrogens is 346 g/mol. The molecule has 106 valence electrons. The van der Waals surface area contributed by atoms with Gasteiger partial charge in [-0.05, 0) is 46.5 Å². The van der Waals surface area contributed by atoms with Crippen molar-refractivity contribution in [1.82, 2.24) is 0 Å². The standard InChI is InChI=1S/C18H15BrClN/c19-17-10-9-16(14-3-1-2-4-15(14)17)18(21)11-12-5-7-13(20)8-6-12/h1-10,18H,11,21H2. The maximum atomic E-state index is 6.43. The highest BCUT2D eigenvalue weighted by Gasteiger charge is 2.12. The van der Waals surface area contributed by atoms with Crippen LogP contribution in [0.15, 0.2) is 65.1 Å². The van der Waals surface area contributed by atoms with Crippen LogP contribution in [0.1, 0.15) is 17.2 Å². The highest BCUT2D eigenvalue weighted by Crippen LogP contribution is 2.30. The van der Waals surface area contributed by atoms with Crippen molar-refractivity contribution in [3.8, 4) is 0 Å². The van der Waals surface area contributed by atoms with E-state index >= 15 is 0 Å². The number of fused-ring (bicyclic) bond motifs is 1. The minimum absolute atomic E-state index is 0.0378. The van der Waals surface area contributed by atoms with E-state index in [1.54, 1.807) is 0 Å². The van der Waals surface area contributed by atoms with Gasteiger partial charge in [-0.1, -0.05) is 70.0 Å². The van der Waals surface area contributed by atoms with Crippen LogP contribution in [0.5, 0.6) is 0 Å². The van der Waals surface area contributed by atoms with Crippen molar-refractivity contribution in [3.05, 3.63) is 81.3 Å². The molecule has 3 aromatic carbocycles. The van der Waals surface area contributed by atoms with Crippen LogP contribution >= 0.6 is 27.5 Å². The van der Waals surface area contributed by atoms with Crippen molar-refractivity contribution in [1.29, 1.82) is 0 Å². The van der Waals surface area contributed by atoms with E-state index in [1.807, 2.05) is 36.4 Å². The Morgan fingerprint density at radius 3 is 2.29 bits per heavy atom. The monoisotopic (exact) mass is 359 g/mol. The topological polar surface area (TPSA) is 26.0 Å². The normalized spacial score (nSPS) is 12.5. The highest BCUT2D eigenvalue weighted by atomic mass is 79.9. The Morgan fingerprint density at radius 1 is 0.905 bits per heavy atom. The SMILES string of the molecule is NC(Cc1ccc(Cl)cc1)c1ccc(Br)c2ccccc12. The minimum atomic E-state index is -0.0378. The largest absolute Gasteiger partial charge is 0.324 e. The summed E-state index contributed by atoms with van der Waals surface area (Å²) in [5.41, 5.74) is 8.80. The average Bonchev–Trinajstić information content (AvgIpc) is 2.50. The number of rotatable bonds is 3. The molecule has 1 nitrogen and oxygen atoms in total. The fraction of sp³-hybridized carbons (Fsp3) is 0.111. The average molecular weight is 361 g/mol. The summed E-state index contributed by atoms with van der Waals surface area (Å²) in [5, 5.41) is 3.15. The number of nitrogens with two attached hydrogens (primary N) is 1. The Labute approximate surface area is 137 Å². The zero-order valence-electron chi connectivity index (χ0n) is 11.4. The predicted molar refractivity (Wildman–Crippen MR) is 93.7 cm³/mol. The first-order chi connectivity index (χ1) is 10.1. The van der Waals surface area contributed by atoms with E-state index in [-0.39, 0.29) is 6.04 Å². The first-order valence-electron chi connectivity index (χ1n) is 6.82. The van der Waals surface area contributed by atoms with E-state index in [2.05, 4.69) is 40.2 Å². The van der Waals surface area contributed by atoms with Crippen molar-refractivity contribution in [3.63, 3.8) is 0 Å². The second-order valence-corrected chi connectivity index (χ2v) is 6.41. The summed E-state index contributed by atoms with van der Waals surface area (Å²) in [4.78, 5) is 0. The van der Waals surface area contributed by atoms with Crippen LogP contribution in [0.3, 0.4) is 0 Å². The summed E-state index contributed by atoms with van der Waals surface area (Å²) < 4.78 is 1.10. The molecule has 0 amide bonds. The molecule has 0 radical (unpaired) electrons. The molecule has 0 saturated heterocycles. The third-order valence-corrected chi connectivity index (χ3v) is 4.62. The molecule has 0 heterocycles. The van der Waals surface area contributed by atoms with Crippen LogP contribution in [0.4, 0.5) is 0 Å². The van der Waals surface area contributed by atoms with Crippen molar-refractivity contribution < 1.29 is 0 Å². The summed E-state index contributed by atoms with van der Waals surface area (Å²) in [6.07, 6.45) is 0.794. The Balaban J connectivity index is 1.96. The Hall–Kier alpha value is -1.35. The molecule has 0 aliphatic heterocycles. The zero-order chi connectivity index (χ0) is 14.8. The van der Waals surface area contributed by atoms with Gasteiger partial charge in [0.1, 0.15) is 0 Å². The van der Waals surface area contributed by atoms with Crippen LogP contribution in [0.2, 0.25) is 5.02 Å². The first kappa shape index (κ1) is 14.6. The molecule has 1 unspecified atom stereocenters. The quantitative estimate of drug-likeness (QED) is 0.656. The van der Waals surface area contributed by atoms with Crippen LogP contribution in [0.25, 0.3) is 10.8 Å². The fourth-order valence-corrected chi connectivity index (χ4v) is 3.20. The maximum Gasteiger partial charge on any atom is 0.0406 e. The van der Waals surface area contributed by atoms with Crippen LogP contribution in [-0.4, -0.2) is 0 Å². The van der Waals surface area contributed by atoms with Crippen LogP contribution in [-0.2, 0) is 6.42 Å². The molecule has 3 heteroatoms. The van der Waals surface area contributed by atoms with Crippen molar-refractivity contribution >= 4 is 38.3 Å². The number of halogens is 2.